The maximum Gasteiger partial charge on any atom is 0.194 e. The van der Waals surface area contributed by atoms with E-state index >= 15 is 0 Å². The van der Waals surface area contributed by atoms with Crippen LogP contribution < -0.4 is 4.74 Å². The molecule has 1 unspecified atom stereocenters. The van der Waals surface area contributed by atoms with Gasteiger partial charge in [-0.05, 0) is 38.5 Å². The van der Waals surface area contributed by atoms with Crippen molar-refractivity contribution in [3.8, 4) is 5.75 Å². The van der Waals surface area contributed by atoms with E-state index in [4.69, 9.17) is 9.47 Å². The van der Waals surface area contributed by atoms with Crippen molar-refractivity contribution >= 4 is 5.78 Å². The molecule has 0 aliphatic rings. The molecule has 0 saturated heterocycles. The lowest BCUT2D eigenvalue weighted by Gasteiger charge is -2.26. The summed E-state index contributed by atoms with van der Waals surface area (Å²) < 4.78 is 23.9. The van der Waals surface area contributed by atoms with Gasteiger partial charge in [-0.2, -0.15) is 0 Å². The van der Waals surface area contributed by atoms with Crippen molar-refractivity contribution in [1.29, 1.82) is 0 Å². The van der Waals surface area contributed by atoms with Crippen molar-refractivity contribution < 1.29 is 18.7 Å². The number of ketones is 1. The van der Waals surface area contributed by atoms with Gasteiger partial charge in [0.25, 0.3) is 0 Å². The van der Waals surface area contributed by atoms with E-state index in [2.05, 4.69) is 0 Å². The molecule has 0 aromatic heterocycles. The van der Waals surface area contributed by atoms with Crippen LogP contribution in [0.3, 0.4) is 0 Å². The second-order valence-electron chi connectivity index (χ2n) is 4.20. The zero-order chi connectivity index (χ0) is 13.8. The van der Waals surface area contributed by atoms with E-state index in [1.807, 2.05) is 13.8 Å². The van der Waals surface area contributed by atoms with Gasteiger partial charge in [0.2, 0.25) is 0 Å². The highest BCUT2D eigenvalue weighted by molar-refractivity contribution is 6.02. The van der Waals surface area contributed by atoms with Gasteiger partial charge < -0.3 is 9.47 Å². The highest BCUT2D eigenvalue weighted by atomic mass is 19.1. The number of carbonyl (C=O) groups excluding carboxylic acids is 1. The van der Waals surface area contributed by atoms with Gasteiger partial charge >= 0.3 is 0 Å². The Balaban J connectivity index is 3.06. The van der Waals surface area contributed by atoms with E-state index in [1.54, 1.807) is 13.0 Å². The fraction of sp³-hybridized carbons (Fsp3) is 0.500. The summed E-state index contributed by atoms with van der Waals surface area (Å²) in [5, 5.41) is 0. The Hall–Kier alpha value is -1.42. The molecule has 3 nitrogen and oxygen atoms in total. The molecular weight excluding hydrogens is 235 g/mol. The number of Topliss-reactive ketones (excluding diaryl/α,β-unsaturated/α-hetero) is 1. The third kappa shape index (κ3) is 2.88. The standard InChI is InChI=1S/C14H19FO3/c1-5-14(3,18-6-2)13(16)10-7-8-12(17-4)11(15)9-10/h7-9H,5-6H2,1-4H3. The Morgan fingerprint density at radius 2 is 2.06 bits per heavy atom. The molecule has 4 heteroatoms. The number of carbonyl (C=O) groups is 1. The molecule has 0 N–H and O–H groups in total. The smallest absolute Gasteiger partial charge is 0.194 e. The van der Waals surface area contributed by atoms with E-state index < -0.39 is 11.4 Å². The van der Waals surface area contributed by atoms with Crippen molar-refractivity contribution in [1.82, 2.24) is 0 Å². The van der Waals surface area contributed by atoms with Gasteiger partial charge in [-0.3, -0.25) is 4.79 Å². The second-order valence-corrected chi connectivity index (χ2v) is 4.20. The molecule has 1 atom stereocenters. The Kier molecular flexibility index (Phi) is 4.84. The van der Waals surface area contributed by atoms with Crippen molar-refractivity contribution in [3.05, 3.63) is 29.6 Å². The Bertz CT molecular complexity index is 431. The summed E-state index contributed by atoms with van der Waals surface area (Å²) in [5.74, 6) is -0.632. The third-order valence-electron chi connectivity index (χ3n) is 3.03. The molecule has 0 saturated carbocycles. The minimum Gasteiger partial charge on any atom is -0.494 e. The molecule has 0 spiro atoms. The average Bonchev–Trinajstić information content (AvgIpc) is 2.37. The second kappa shape index (κ2) is 5.96. The summed E-state index contributed by atoms with van der Waals surface area (Å²) >= 11 is 0. The number of benzene rings is 1. The van der Waals surface area contributed by atoms with Crippen LogP contribution in [0.25, 0.3) is 0 Å². The van der Waals surface area contributed by atoms with Gasteiger partial charge in [0, 0.05) is 12.2 Å². The molecule has 0 amide bonds. The van der Waals surface area contributed by atoms with E-state index in [0.717, 1.165) is 0 Å². The fourth-order valence-electron chi connectivity index (χ4n) is 1.76. The molecule has 18 heavy (non-hydrogen) atoms. The SMILES string of the molecule is CCOC(C)(CC)C(=O)c1ccc(OC)c(F)c1. The number of rotatable bonds is 6. The van der Waals surface area contributed by atoms with Gasteiger partial charge in [-0.15, -0.1) is 0 Å². The lowest BCUT2D eigenvalue weighted by Crippen LogP contribution is -2.38. The number of halogens is 1. The quantitative estimate of drug-likeness (QED) is 0.731. The Labute approximate surface area is 107 Å². The van der Waals surface area contributed by atoms with E-state index in [-0.39, 0.29) is 11.5 Å². The molecule has 0 aliphatic heterocycles. The number of ether oxygens (including phenoxy) is 2. The first kappa shape index (κ1) is 14.6. The van der Waals surface area contributed by atoms with Crippen LogP contribution in [0, 0.1) is 5.82 Å². The summed E-state index contributed by atoms with van der Waals surface area (Å²) in [6, 6.07) is 4.19. The zero-order valence-electron chi connectivity index (χ0n) is 11.2. The van der Waals surface area contributed by atoms with Crippen molar-refractivity contribution in [2.24, 2.45) is 0 Å². The van der Waals surface area contributed by atoms with Crippen molar-refractivity contribution in [2.75, 3.05) is 13.7 Å². The normalized spacial score (nSPS) is 14.1. The summed E-state index contributed by atoms with van der Waals surface area (Å²) in [5.41, 5.74) is -0.610. The zero-order valence-corrected chi connectivity index (χ0v) is 11.2. The monoisotopic (exact) mass is 254 g/mol. The lowest BCUT2D eigenvalue weighted by atomic mass is 9.92. The van der Waals surface area contributed by atoms with Crippen molar-refractivity contribution in [2.45, 2.75) is 32.8 Å². The van der Waals surface area contributed by atoms with E-state index in [1.165, 1.54) is 19.2 Å². The van der Waals surface area contributed by atoms with Crippen molar-refractivity contribution in [3.63, 3.8) is 0 Å². The topological polar surface area (TPSA) is 35.5 Å². The van der Waals surface area contributed by atoms with E-state index in [9.17, 15) is 9.18 Å². The first-order valence-corrected chi connectivity index (χ1v) is 6.00. The van der Waals surface area contributed by atoms with E-state index in [0.29, 0.717) is 18.6 Å². The highest BCUT2D eigenvalue weighted by Gasteiger charge is 2.33. The lowest BCUT2D eigenvalue weighted by molar-refractivity contribution is -0.0116. The number of methoxy groups -OCH3 is 1. The summed E-state index contributed by atoms with van der Waals surface area (Å²) in [4.78, 5) is 12.3. The summed E-state index contributed by atoms with van der Waals surface area (Å²) in [6.45, 7) is 5.86. The third-order valence-corrected chi connectivity index (χ3v) is 3.03. The number of hydrogen-bond donors (Lipinski definition) is 0. The van der Waals surface area contributed by atoms with Gasteiger partial charge in [-0.25, -0.2) is 4.39 Å². The largest absolute Gasteiger partial charge is 0.494 e. The summed E-state index contributed by atoms with van der Waals surface area (Å²) in [6.07, 6.45) is 0.535. The molecule has 0 radical (unpaired) electrons. The van der Waals surface area contributed by atoms with Crippen LogP contribution in [0.2, 0.25) is 0 Å². The van der Waals surface area contributed by atoms with Gasteiger partial charge in [0.05, 0.1) is 7.11 Å². The maximum absolute atomic E-state index is 13.6. The first-order chi connectivity index (χ1) is 8.48. The first-order valence-electron chi connectivity index (χ1n) is 6.00. The molecule has 1 aromatic rings. The fourth-order valence-corrected chi connectivity index (χ4v) is 1.76. The predicted octanol–water partition coefficient (Wildman–Crippen LogP) is 3.22. The predicted molar refractivity (Wildman–Crippen MR) is 67.6 cm³/mol. The molecule has 1 rings (SSSR count). The summed E-state index contributed by atoms with van der Waals surface area (Å²) in [7, 11) is 1.39. The minimum atomic E-state index is -0.907. The maximum atomic E-state index is 13.6. The molecular formula is C14H19FO3. The van der Waals surface area contributed by atoms with Crippen LogP contribution in [0.1, 0.15) is 37.6 Å². The molecule has 0 bridgehead atoms. The Morgan fingerprint density at radius 3 is 2.50 bits per heavy atom. The van der Waals surface area contributed by atoms with Gasteiger partial charge in [-0.1, -0.05) is 6.92 Å². The van der Waals surface area contributed by atoms with Gasteiger partial charge in [0.1, 0.15) is 5.60 Å². The van der Waals surface area contributed by atoms with Gasteiger partial charge in [0.15, 0.2) is 17.3 Å². The minimum absolute atomic E-state index is 0.126. The molecule has 100 valence electrons. The van der Waals surface area contributed by atoms with Crippen LogP contribution >= 0.6 is 0 Å². The molecule has 1 aromatic carbocycles. The van der Waals surface area contributed by atoms with Crippen LogP contribution in [-0.2, 0) is 4.74 Å². The Morgan fingerprint density at radius 1 is 1.39 bits per heavy atom. The highest BCUT2D eigenvalue weighted by Crippen LogP contribution is 2.24. The van der Waals surface area contributed by atoms with Crippen LogP contribution in [0.4, 0.5) is 4.39 Å². The molecule has 0 aliphatic carbocycles. The molecule has 0 heterocycles. The van der Waals surface area contributed by atoms with Crippen LogP contribution in [0.5, 0.6) is 5.75 Å². The average molecular weight is 254 g/mol. The van der Waals surface area contributed by atoms with Crippen LogP contribution in [-0.4, -0.2) is 25.1 Å². The van der Waals surface area contributed by atoms with Crippen LogP contribution in [0.15, 0.2) is 18.2 Å². The number of hydrogen-bond acceptors (Lipinski definition) is 3. The molecule has 0 fully saturated rings.